The van der Waals surface area contributed by atoms with Crippen molar-refractivity contribution in [2.45, 2.75) is 26.2 Å². The van der Waals surface area contributed by atoms with Crippen molar-refractivity contribution in [2.24, 2.45) is 0 Å². The summed E-state index contributed by atoms with van der Waals surface area (Å²) in [6, 6.07) is 9.80. The van der Waals surface area contributed by atoms with E-state index in [9.17, 15) is 4.79 Å². The number of carbonyl (C=O) groups is 1. The molecule has 2 aromatic heterocycles. The van der Waals surface area contributed by atoms with Crippen molar-refractivity contribution in [1.29, 1.82) is 0 Å². The minimum Gasteiger partial charge on any atom is -0.497 e. The number of aromatic amines is 1. The van der Waals surface area contributed by atoms with Crippen molar-refractivity contribution in [3.8, 4) is 5.75 Å². The first-order valence-electron chi connectivity index (χ1n) is 8.12. The minimum absolute atomic E-state index is 0.0468. The average Bonchev–Trinajstić information content (AvgIpc) is 3.18. The monoisotopic (exact) mass is 326 g/mol. The van der Waals surface area contributed by atoms with Crippen LogP contribution in [0.5, 0.6) is 5.75 Å². The Morgan fingerprint density at radius 1 is 1.25 bits per heavy atom. The number of hydrogen-bond donors (Lipinski definition) is 2. The van der Waals surface area contributed by atoms with E-state index in [2.05, 4.69) is 10.3 Å². The Morgan fingerprint density at radius 2 is 2.12 bits per heavy atom. The zero-order valence-corrected chi connectivity index (χ0v) is 14.0. The largest absolute Gasteiger partial charge is 0.497 e. The fraction of sp³-hybridized carbons (Fsp3) is 0.316. The maximum absolute atomic E-state index is 11.9. The molecule has 0 aliphatic heterocycles. The average molecular weight is 326 g/mol. The summed E-state index contributed by atoms with van der Waals surface area (Å²) in [6.45, 7) is 2.52. The van der Waals surface area contributed by atoms with Gasteiger partial charge in [0.05, 0.1) is 7.11 Å². The number of benzene rings is 1. The Bertz CT molecular complexity index is 832. The zero-order chi connectivity index (χ0) is 16.9. The first kappa shape index (κ1) is 16.2. The van der Waals surface area contributed by atoms with Crippen molar-refractivity contribution >= 4 is 16.8 Å². The predicted molar refractivity (Wildman–Crippen MR) is 93.3 cm³/mol. The fourth-order valence-electron chi connectivity index (χ4n) is 2.78. The number of amides is 1. The SMILES string of the molecule is COc1ccc2c(CCNC(=O)CCc3ccc(C)o3)c[nH]c2c1. The summed E-state index contributed by atoms with van der Waals surface area (Å²) in [5, 5.41) is 4.13. The number of fused-ring (bicyclic) bond motifs is 1. The molecule has 3 rings (SSSR count). The number of hydrogen-bond acceptors (Lipinski definition) is 3. The highest BCUT2D eigenvalue weighted by Crippen LogP contribution is 2.23. The van der Waals surface area contributed by atoms with E-state index in [1.54, 1.807) is 7.11 Å². The molecular formula is C19H22N2O3. The van der Waals surface area contributed by atoms with Crippen molar-refractivity contribution in [3.63, 3.8) is 0 Å². The highest BCUT2D eigenvalue weighted by molar-refractivity contribution is 5.84. The zero-order valence-electron chi connectivity index (χ0n) is 14.0. The number of aromatic nitrogens is 1. The fourth-order valence-corrected chi connectivity index (χ4v) is 2.78. The Morgan fingerprint density at radius 3 is 2.88 bits per heavy atom. The van der Waals surface area contributed by atoms with Gasteiger partial charge in [-0.25, -0.2) is 0 Å². The van der Waals surface area contributed by atoms with Gasteiger partial charge in [-0.2, -0.15) is 0 Å². The van der Waals surface area contributed by atoms with Gasteiger partial charge in [-0.15, -0.1) is 0 Å². The topological polar surface area (TPSA) is 67.3 Å². The Kier molecular flexibility index (Phi) is 4.89. The van der Waals surface area contributed by atoms with Crippen LogP contribution in [0.4, 0.5) is 0 Å². The van der Waals surface area contributed by atoms with Gasteiger partial charge in [0.2, 0.25) is 5.91 Å². The van der Waals surface area contributed by atoms with Gasteiger partial charge in [-0.05, 0) is 43.2 Å². The molecule has 0 radical (unpaired) electrons. The molecule has 2 heterocycles. The van der Waals surface area contributed by atoms with E-state index >= 15 is 0 Å². The molecule has 1 amide bonds. The van der Waals surface area contributed by atoms with Crippen LogP contribution in [0.2, 0.25) is 0 Å². The lowest BCUT2D eigenvalue weighted by atomic mass is 10.1. The molecule has 0 fully saturated rings. The number of furan rings is 1. The van der Waals surface area contributed by atoms with Gasteiger partial charge in [-0.3, -0.25) is 4.79 Å². The lowest BCUT2D eigenvalue weighted by Crippen LogP contribution is -2.25. The maximum atomic E-state index is 11.9. The molecule has 3 aromatic rings. The van der Waals surface area contributed by atoms with E-state index in [4.69, 9.17) is 9.15 Å². The smallest absolute Gasteiger partial charge is 0.220 e. The molecule has 2 N–H and O–H groups in total. The van der Waals surface area contributed by atoms with Gasteiger partial charge in [0, 0.05) is 42.6 Å². The number of carbonyl (C=O) groups excluding carboxylic acids is 1. The number of ether oxygens (including phenoxy) is 1. The summed E-state index contributed by atoms with van der Waals surface area (Å²) < 4.78 is 10.7. The lowest BCUT2D eigenvalue weighted by molar-refractivity contribution is -0.121. The van der Waals surface area contributed by atoms with Crippen LogP contribution in [0.3, 0.4) is 0 Å². The number of H-pyrrole nitrogens is 1. The first-order valence-corrected chi connectivity index (χ1v) is 8.12. The van der Waals surface area contributed by atoms with E-state index in [0.717, 1.165) is 34.6 Å². The molecule has 0 spiro atoms. The van der Waals surface area contributed by atoms with Crippen molar-refractivity contribution in [3.05, 3.63) is 53.6 Å². The van der Waals surface area contributed by atoms with E-state index < -0.39 is 0 Å². The van der Waals surface area contributed by atoms with Crippen LogP contribution in [0.1, 0.15) is 23.5 Å². The molecular weight excluding hydrogens is 304 g/mol. The van der Waals surface area contributed by atoms with Crippen LogP contribution in [0, 0.1) is 6.92 Å². The summed E-state index contributed by atoms with van der Waals surface area (Å²) >= 11 is 0. The number of aryl methyl sites for hydroxylation is 2. The van der Waals surface area contributed by atoms with Gasteiger partial charge in [0.1, 0.15) is 17.3 Å². The van der Waals surface area contributed by atoms with Gasteiger partial charge in [0.15, 0.2) is 0 Å². The van der Waals surface area contributed by atoms with E-state index in [0.29, 0.717) is 19.4 Å². The predicted octanol–water partition coefficient (Wildman–Crippen LogP) is 3.37. The second kappa shape index (κ2) is 7.25. The molecule has 0 aliphatic carbocycles. The molecule has 0 bridgehead atoms. The van der Waals surface area contributed by atoms with Crippen LogP contribution in [0.25, 0.3) is 10.9 Å². The van der Waals surface area contributed by atoms with Crippen LogP contribution >= 0.6 is 0 Å². The highest BCUT2D eigenvalue weighted by Gasteiger charge is 2.07. The normalized spacial score (nSPS) is 10.9. The van der Waals surface area contributed by atoms with E-state index in [1.165, 1.54) is 5.56 Å². The molecule has 0 saturated heterocycles. The molecule has 0 aliphatic rings. The van der Waals surface area contributed by atoms with Crippen molar-refractivity contribution in [1.82, 2.24) is 10.3 Å². The summed E-state index contributed by atoms with van der Waals surface area (Å²) in [7, 11) is 1.66. The standard InChI is InChI=1S/C19H22N2O3/c1-13-3-4-15(24-13)6-8-19(22)20-10-9-14-12-21-18-11-16(23-2)5-7-17(14)18/h3-5,7,11-12,21H,6,8-10H2,1-2H3,(H,20,22). The van der Waals surface area contributed by atoms with Gasteiger partial charge in [0.25, 0.3) is 0 Å². The lowest BCUT2D eigenvalue weighted by Gasteiger charge is -2.04. The molecule has 0 atom stereocenters. The second-order valence-corrected chi connectivity index (χ2v) is 5.84. The molecule has 5 nitrogen and oxygen atoms in total. The van der Waals surface area contributed by atoms with Crippen LogP contribution in [-0.4, -0.2) is 24.5 Å². The van der Waals surface area contributed by atoms with Crippen molar-refractivity contribution < 1.29 is 13.9 Å². The summed E-state index contributed by atoms with van der Waals surface area (Å²) in [6.07, 6.45) is 3.85. The first-order chi connectivity index (χ1) is 11.7. The van der Waals surface area contributed by atoms with Crippen LogP contribution in [-0.2, 0) is 17.6 Å². The minimum atomic E-state index is 0.0468. The molecule has 0 unspecified atom stereocenters. The van der Waals surface area contributed by atoms with Crippen LogP contribution < -0.4 is 10.1 Å². The number of nitrogens with one attached hydrogen (secondary N) is 2. The summed E-state index contributed by atoms with van der Waals surface area (Å²) in [5.74, 6) is 2.61. The van der Waals surface area contributed by atoms with Gasteiger partial charge < -0.3 is 19.5 Å². The second-order valence-electron chi connectivity index (χ2n) is 5.84. The van der Waals surface area contributed by atoms with E-state index in [1.807, 2.05) is 43.5 Å². The third-order valence-corrected chi connectivity index (χ3v) is 4.09. The molecule has 126 valence electrons. The molecule has 5 heteroatoms. The number of methoxy groups -OCH3 is 1. The Balaban J connectivity index is 1.48. The number of rotatable bonds is 7. The molecule has 1 aromatic carbocycles. The quantitative estimate of drug-likeness (QED) is 0.699. The third-order valence-electron chi connectivity index (χ3n) is 4.09. The van der Waals surface area contributed by atoms with Crippen molar-refractivity contribution in [2.75, 3.05) is 13.7 Å². The Hall–Kier alpha value is -2.69. The summed E-state index contributed by atoms with van der Waals surface area (Å²) in [5.41, 5.74) is 2.23. The van der Waals surface area contributed by atoms with Crippen LogP contribution in [0.15, 0.2) is 40.9 Å². The summed E-state index contributed by atoms with van der Waals surface area (Å²) in [4.78, 5) is 15.2. The maximum Gasteiger partial charge on any atom is 0.220 e. The molecule has 24 heavy (non-hydrogen) atoms. The van der Waals surface area contributed by atoms with Gasteiger partial charge >= 0.3 is 0 Å². The Labute approximate surface area is 141 Å². The molecule has 0 saturated carbocycles. The van der Waals surface area contributed by atoms with E-state index in [-0.39, 0.29) is 5.91 Å². The highest BCUT2D eigenvalue weighted by atomic mass is 16.5. The van der Waals surface area contributed by atoms with Gasteiger partial charge in [-0.1, -0.05) is 0 Å². The third kappa shape index (κ3) is 3.79.